The van der Waals surface area contributed by atoms with Gasteiger partial charge in [0.05, 0.1) is 10.6 Å². The maximum Gasteiger partial charge on any atom is 0.341 e. The zero-order valence-electron chi connectivity index (χ0n) is 14.7. The highest BCUT2D eigenvalue weighted by Gasteiger charge is 2.22. The lowest BCUT2D eigenvalue weighted by atomic mass is 10.2. The second-order valence-electron chi connectivity index (χ2n) is 5.68. The number of carbonyl (C=O) groups excluding carboxylic acids is 2. The molecule has 0 saturated carbocycles. The molecule has 2 aromatic carbocycles. The Morgan fingerprint density at radius 1 is 1.14 bits per heavy atom. The summed E-state index contributed by atoms with van der Waals surface area (Å²) in [5.74, 6) is -2.67. The molecular weight excluding hydrogens is 434 g/mol. The molecule has 0 aliphatic heterocycles. The average Bonchev–Trinajstić information content (AvgIpc) is 2.63. The van der Waals surface area contributed by atoms with Crippen LogP contribution in [0.2, 0.25) is 10.0 Å². The van der Waals surface area contributed by atoms with E-state index in [1.807, 2.05) is 0 Å². The van der Waals surface area contributed by atoms with Gasteiger partial charge in [0.15, 0.2) is 6.61 Å². The van der Waals surface area contributed by atoms with Gasteiger partial charge < -0.3 is 10.1 Å². The quantitative estimate of drug-likeness (QED) is 0.684. The zero-order valence-corrected chi connectivity index (χ0v) is 17.0. The highest BCUT2D eigenvalue weighted by Crippen LogP contribution is 2.26. The summed E-state index contributed by atoms with van der Waals surface area (Å²) >= 11 is 11.6. The predicted octanol–water partition coefficient (Wildman–Crippen LogP) is 3.18. The van der Waals surface area contributed by atoms with Crippen molar-refractivity contribution in [3.63, 3.8) is 0 Å². The van der Waals surface area contributed by atoms with E-state index in [1.165, 1.54) is 38.4 Å². The van der Waals surface area contributed by atoms with Crippen LogP contribution in [0.5, 0.6) is 0 Å². The molecule has 1 N–H and O–H groups in total. The smallest absolute Gasteiger partial charge is 0.341 e. The van der Waals surface area contributed by atoms with Gasteiger partial charge in [-0.25, -0.2) is 21.9 Å². The number of halogens is 3. The number of hydrogen-bond donors (Lipinski definition) is 1. The van der Waals surface area contributed by atoms with Crippen molar-refractivity contribution in [3.8, 4) is 0 Å². The van der Waals surface area contributed by atoms with Crippen molar-refractivity contribution in [3.05, 3.63) is 57.8 Å². The van der Waals surface area contributed by atoms with E-state index in [0.717, 1.165) is 16.4 Å². The Morgan fingerprint density at radius 3 is 2.46 bits per heavy atom. The van der Waals surface area contributed by atoms with E-state index in [4.69, 9.17) is 27.9 Å². The van der Waals surface area contributed by atoms with Gasteiger partial charge in [-0.2, -0.15) is 0 Å². The van der Waals surface area contributed by atoms with E-state index in [9.17, 15) is 22.4 Å². The molecular formula is C17H15Cl2FN2O5S. The van der Waals surface area contributed by atoms with Crippen molar-refractivity contribution in [2.75, 3.05) is 26.0 Å². The molecule has 0 aromatic heterocycles. The van der Waals surface area contributed by atoms with Gasteiger partial charge in [0.2, 0.25) is 10.0 Å². The molecule has 2 rings (SSSR count). The Bertz CT molecular complexity index is 1030. The van der Waals surface area contributed by atoms with Gasteiger partial charge in [0.1, 0.15) is 10.7 Å². The van der Waals surface area contributed by atoms with Crippen LogP contribution in [0, 0.1) is 5.82 Å². The van der Waals surface area contributed by atoms with Gasteiger partial charge >= 0.3 is 5.97 Å². The van der Waals surface area contributed by atoms with Crippen molar-refractivity contribution in [2.24, 2.45) is 0 Å². The molecule has 150 valence electrons. The molecule has 0 aliphatic rings. The van der Waals surface area contributed by atoms with Crippen LogP contribution in [0.25, 0.3) is 0 Å². The fourth-order valence-corrected chi connectivity index (χ4v) is 3.60. The first-order chi connectivity index (χ1) is 13.0. The Labute approximate surface area is 171 Å². The third-order valence-electron chi connectivity index (χ3n) is 3.46. The lowest BCUT2D eigenvalue weighted by Crippen LogP contribution is -2.24. The lowest BCUT2D eigenvalue weighted by molar-refractivity contribution is -0.119. The van der Waals surface area contributed by atoms with Gasteiger partial charge in [-0.05, 0) is 36.4 Å². The maximum atomic E-state index is 13.6. The van der Waals surface area contributed by atoms with Crippen molar-refractivity contribution in [1.82, 2.24) is 4.31 Å². The monoisotopic (exact) mass is 448 g/mol. The van der Waals surface area contributed by atoms with Crippen molar-refractivity contribution in [2.45, 2.75) is 4.90 Å². The number of ether oxygens (including phenoxy) is 1. The molecule has 28 heavy (non-hydrogen) atoms. The highest BCUT2D eigenvalue weighted by molar-refractivity contribution is 7.89. The van der Waals surface area contributed by atoms with E-state index < -0.39 is 39.9 Å². The summed E-state index contributed by atoms with van der Waals surface area (Å²) < 4.78 is 43.8. The first-order valence-corrected chi connectivity index (χ1v) is 9.86. The van der Waals surface area contributed by atoms with Crippen LogP contribution in [0.1, 0.15) is 10.4 Å². The summed E-state index contributed by atoms with van der Waals surface area (Å²) in [5.41, 5.74) is -0.286. The van der Waals surface area contributed by atoms with Crippen molar-refractivity contribution < 1.29 is 27.1 Å². The summed E-state index contributed by atoms with van der Waals surface area (Å²) in [7, 11) is -1.15. The number of carbonyl (C=O) groups is 2. The Morgan fingerprint density at radius 2 is 1.82 bits per heavy atom. The number of nitrogens with zero attached hydrogens (tertiary/aromatic N) is 1. The number of esters is 1. The average molecular weight is 449 g/mol. The van der Waals surface area contributed by atoms with Crippen LogP contribution < -0.4 is 5.32 Å². The predicted molar refractivity (Wildman–Crippen MR) is 103 cm³/mol. The number of amides is 1. The van der Waals surface area contributed by atoms with Crippen LogP contribution in [0.3, 0.4) is 0 Å². The summed E-state index contributed by atoms with van der Waals surface area (Å²) in [6, 6.07) is 7.21. The van der Waals surface area contributed by atoms with E-state index in [-0.39, 0.29) is 20.6 Å². The Balaban J connectivity index is 2.08. The summed E-state index contributed by atoms with van der Waals surface area (Å²) in [4.78, 5) is 23.7. The highest BCUT2D eigenvalue weighted by atomic mass is 35.5. The minimum Gasteiger partial charge on any atom is -0.452 e. The molecule has 0 bridgehead atoms. The molecule has 0 radical (unpaired) electrons. The minimum atomic E-state index is -3.83. The van der Waals surface area contributed by atoms with E-state index in [1.54, 1.807) is 0 Å². The molecule has 0 unspecified atom stereocenters. The zero-order chi connectivity index (χ0) is 21.1. The molecule has 0 heterocycles. The van der Waals surface area contributed by atoms with Gasteiger partial charge in [-0.15, -0.1) is 0 Å². The molecule has 7 nitrogen and oxygen atoms in total. The van der Waals surface area contributed by atoms with Gasteiger partial charge in [-0.3, -0.25) is 4.79 Å². The second-order valence-corrected chi connectivity index (χ2v) is 8.64. The normalized spacial score (nSPS) is 11.4. The second kappa shape index (κ2) is 8.87. The maximum absolute atomic E-state index is 13.6. The Hall–Kier alpha value is -2.20. The Kier molecular flexibility index (Phi) is 7.00. The van der Waals surface area contributed by atoms with Gasteiger partial charge in [-0.1, -0.05) is 23.2 Å². The third kappa shape index (κ3) is 5.20. The molecule has 1 amide bonds. The topological polar surface area (TPSA) is 92.8 Å². The fraction of sp³-hybridized carbons (Fsp3) is 0.176. The van der Waals surface area contributed by atoms with Crippen molar-refractivity contribution in [1.29, 1.82) is 0 Å². The SMILES string of the molecule is CN(C)S(=O)(=O)c1cc(NC(=O)COC(=O)c2cc(Cl)ccc2F)ccc1Cl. The summed E-state index contributed by atoms with van der Waals surface area (Å²) in [6.45, 7) is -0.719. The molecule has 0 spiro atoms. The van der Waals surface area contributed by atoms with Gasteiger partial charge in [0.25, 0.3) is 5.91 Å². The van der Waals surface area contributed by atoms with Crippen molar-refractivity contribution >= 4 is 50.8 Å². The van der Waals surface area contributed by atoms with E-state index in [0.29, 0.717) is 0 Å². The van der Waals surface area contributed by atoms with Crippen LogP contribution >= 0.6 is 23.2 Å². The van der Waals surface area contributed by atoms with Crippen LogP contribution in [0.15, 0.2) is 41.3 Å². The van der Waals surface area contributed by atoms with Crippen LogP contribution in [-0.4, -0.2) is 45.3 Å². The minimum absolute atomic E-state index is 0.0189. The number of nitrogens with one attached hydrogen (secondary N) is 1. The van der Waals surface area contributed by atoms with Crippen LogP contribution in [-0.2, 0) is 19.6 Å². The third-order valence-corrected chi connectivity index (χ3v) is 5.99. The number of anilines is 1. The molecule has 0 atom stereocenters. The molecule has 0 fully saturated rings. The number of sulfonamides is 1. The molecule has 2 aromatic rings. The molecule has 0 aliphatic carbocycles. The number of rotatable bonds is 6. The molecule has 11 heteroatoms. The van der Waals surface area contributed by atoms with E-state index in [2.05, 4.69) is 5.32 Å². The standard InChI is InChI=1S/C17H15Cl2FN2O5S/c1-22(2)28(25,26)15-8-11(4-5-13(15)19)21-16(23)9-27-17(24)12-7-10(18)3-6-14(12)20/h3-8H,9H2,1-2H3,(H,21,23). The summed E-state index contributed by atoms with van der Waals surface area (Å²) in [6.07, 6.45) is 0. The van der Waals surface area contributed by atoms with E-state index >= 15 is 0 Å². The fourth-order valence-electron chi connectivity index (χ4n) is 2.04. The van der Waals surface area contributed by atoms with Gasteiger partial charge in [0, 0.05) is 24.8 Å². The summed E-state index contributed by atoms with van der Waals surface area (Å²) in [5, 5.41) is 2.49. The number of benzene rings is 2. The lowest BCUT2D eigenvalue weighted by Gasteiger charge is -2.14. The largest absolute Gasteiger partial charge is 0.452 e. The molecule has 0 saturated heterocycles. The first-order valence-electron chi connectivity index (χ1n) is 7.66. The van der Waals surface area contributed by atoms with Crippen LogP contribution in [0.4, 0.5) is 10.1 Å². The first kappa shape index (κ1) is 22.1. The number of hydrogen-bond acceptors (Lipinski definition) is 5.